The van der Waals surface area contributed by atoms with Gasteiger partial charge in [0.1, 0.15) is 0 Å². The molecule has 1 aromatic heterocycles. The molecule has 0 spiro atoms. The number of carboxylic acid groups (broad SMARTS) is 1. The number of carbonyl (C=O) groups is 1. The van der Waals surface area contributed by atoms with Gasteiger partial charge < -0.3 is 10.4 Å². The Bertz CT molecular complexity index is 372. The van der Waals surface area contributed by atoms with Crippen molar-refractivity contribution in [2.75, 3.05) is 13.1 Å². The van der Waals surface area contributed by atoms with E-state index in [9.17, 15) is 9.90 Å². The summed E-state index contributed by atoms with van der Waals surface area (Å²) in [5, 5.41) is 12.6. The van der Waals surface area contributed by atoms with Gasteiger partial charge in [0.05, 0.1) is 5.41 Å². The third-order valence-electron chi connectivity index (χ3n) is 3.54. The van der Waals surface area contributed by atoms with Gasteiger partial charge in [-0.25, -0.2) is 0 Å². The minimum atomic E-state index is -0.673. The summed E-state index contributed by atoms with van der Waals surface area (Å²) >= 11 is 0. The van der Waals surface area contributed by atoms with E-state index < -0.39 is 11.4 Å². The highest BCUT2D eigenvalue weighted by atomic mass is 16.4. The van der Waals surface area contributed by atoms with Crippen LogP contribution in [0.4, 0.5) is 0 Å². The molecule has 1 aliphatic rings. The van der Waals surface area contributed by atoms with E-state index in [0.717, 1.165) is 31.4 Å². The zero-order chi connectivity index (χ0) is 12.1. The molecule has 0 amide bonds. The van der Waals surface area contributed by atoms with Crippen LogP contribution in [0, 0.1) is 5.41 Å². The monoisotopic (exact) mass is 234 g/mol. The van der Waals surface area contributed by atoms with Crippen molar-refractivity contribution < 1.29 is 9.90 Å². The lowest BCUT2D eigenvalue weighted by Gasteiger charge is -2.33. The van der Waals surface area contributed by atoms with Gasteiger partial charge in [0.25, 0.3) is 0 Å². The number of aryl methyl sites for hydroxylation is 1. The van der Waals surface area contributed by atoms with Crippen molar-refractivity contribution in [2.24, 2.45) is 5.41 Å². The van der Waals surface area contributed by atoms with Crippen LogP contribution in [0.1, 0.15) is 24.8 Å². The Hall–Kier alpha value is -1.42. The minimum absolute atomic E-state index is 0.586. The number of aliphatic carboxylic acids is 1. The highest BCUT2D eigenvalue weighted by Crippen LogP contribution is 2.31. The van der Waals surface area contributed by atoms with E-state index in [0.29, 0.717) is 13.0 Å². The van der Waals surface area contributed by atoms with Crippen molar-refractivity contribution in [1.82, 2.24) is 10.3 Å². The molecule has 2 N–H and O–H groups in total. The van der Waals surface area contributed by atoms with Crippen LogP contribution in [0.5, 0.6) is 0 Å². The molecule has 92 valence electrons. The Balaban J connectivity index is 2.01. The number of hydrogen-bond acceptors (Lipinski definition) is 3. The van der Waals surface area contributed by atoms with E-state index in [1.807, 2.05) is 18.3 Å². The van der Waals surface area contributed by atoms with Crippen LogP contribution in [0.2, 0.25) is 0 Å². The van der Waals surface area contributed by atoms with E-state index in [1.54, 1.807) is 6.20 Å². The number of nitrogens with one attached hydrogen (secondary N) is 1. The summed E-state index contributed by atoms with van der Waals surface area (Å²) < 4.78 is 0. The molecule has 0 saturated carbocycles. The van der Waals surface area contributed by atoms with Crippen molar-refractivity contribution in [2.45, 2.75) is 25.7 Å². The lowest BCUT2D eigenvalue weighted by molar-refractivity contribution is -0.150. The average Bonchev–Trinajstić information content (AvgIpc) is 2.38. The van der Waals surface area contributed by atoms with Gasteiger partial charge in [-0.05, 0) is 43.9 Å². The van der Waals surface area contributed by atoms with Crippen molar-refractivity contribution in [3.05, 3.63) is 30.1 Å². The maximum Gasteiger partial charge on any atom is 0.310 e. The summed E-state index contributed by atoms with van der Waals surface area (Å²) in [6.45, 7) is 1.52. The highest BCUT2D eigenvalue weighted by Gasteiger charge is 2.39. The molecule has 4 heteroatoms. The zero-order valence-corrected chi connectivity index (χ0v) is 9.85. The van der Waals surface area contributed by atoms with Gasteiger partial charge in [-0.2, -0.15) is 0 Å². The van der Waals surface area contributed by atoms with Crippen molar-refractivity contribution in [1.29, 1.82) is 0 Å². The molecule has 4 nitrogen and oxygen atoms in total. The smallest absolute Gasteiger partial charge is 0.310 e. The van der Waals surface area contributed by atoms with Crippen molar-refractivity contribution >= 4 is 5.97 Å². The molecule has 1 aromatic rings. The number of pyridine rings is 1. The molecule has 1 atom stereocenters. The summed E-state index contributed by atoms with van der Waals surface area (Å²) in [6.07, 6.45) is 6.72. The lowest BCUT2D eigenvalue weighted by Crippen LogP contribution is -2.45. The first-order valence-corrected chi connectivity index (χ1v) is 6.06. The number of rotatable bonds is 4. The van der Waals surface area contributed by atoms with E-state index in [4.69, 9.17) is 0 Å². The lowest BCUT2D eigenvalue weighted by atomic mass is 9.76. The first kappa shape index (κ1) is 12.0. The molecule has 0 aromatic carbocycles. The summed E-state index contributed by atoms with van der Waals surface area (Å²) in [4.78, 5) is 15.5. The molecule has 0 aliphatic carbocycles. The molecule has 1 fully saturated rings. The Kier molecular flexibility index (Phi) is 3.74. The van der Waals surface area contributed by atoms with E-state index in [-0.39, 0.29) is 0 Å². The standard InChI is InChI=1S/C13H18N2O2/c16-12(17)13(5-2-8-15-10-13)6-4-11-3-1-7-14-9-11/h1,3,7,9,15H,2,4-6,8,10H2,(H,16,17). The second-order valence-corrected chi connectivity index (χ2v) is 4.73. The van der Waals surface area contributed by atoms with Crippen LogP contribution in [0.15, 0.2) is 24.5 Å². The van der Waals surface area contributed by atoms with Gasteiger partial charge >= 0.3 is 5.97 Å². The van der Waals surface area contributed by atoms with Crippen molar-refractivity contribution in [3.63, 3.8) is 0 Å². The van der Waals surface area contributed by atoms with Crippen LogP contribution in [0.3, 0.4) is 0 Å². The molecule has 0 bridgehead atoms. The predicted molar refractivity (Wildman–Crippen MR) is 64.7 cm³/mol. The highest BCUT2D eigenvalue weighted by molar-refractivity contribution is 5.75. The van der Waals surface area contributed by atoms with Crippen molar-refractivity contribution in [3.8, 4) is 0 Å². The largest absolute Gasteiger partial charge is 0.481 e. The number of nitrogens with zero attached hydrogens (tertiary/aromatic N) is 1. The number of carboxylic acids is 1. The Labute approximate surface area is 101 Å². The molecule has 1 saturated heterocycles. The fraction of sp³-hybridized carbons (Fsp3) is 0.538. The predicted octanol–water partition coefficient (Wildman–Crippen LogP) is 1.47. The Morgan fingerprint density at radius 3 is 3.06 bits per heavy atom. The molecule has 2 heterocycles. The maximum absolute atomic E-state index is 11.4. The Morgan fingerprint density at radius 2 is 2.47 bits per heavy atom. The fourth-order valence-electron chi connectivity index (χ4n) is 2.40. The first-order chi connectivity index (χ1) is 8.23. The SMILES string of the molecule is O=C(O)C1(CCc2cccnc2)CCCNC1. The number of piperidine rings is 1. The minimum Gasteiger partial charge on any atom is -0.481 e. The molecule has 0 radical (unpaired) electrons. The van der Waals surface area contributed by atoms with E-state index >= 15 is 0 Å². The molecule has 17 heavy (non-hydrogen) atoms. The second kappa shape index (κ2) is 5.27. The van der Waals surface area contributed by atoms with Gasteiger partial charge in [0, 0.05) is 18.9 Å². The molecule has 1 aliphatic heterocycles. The van der Waals surface area contributed by atoms with Gasteiger partial charge in [-0.15, -0.1) is 0 Å². The van der Waals surface area contributed by atoms with Gasteiger partial charge in [-0.1, -0.05) is 6.07 Å². The Morgan fingerprint density at radius 1 is 1.59 bits per heavy atom. The zero-order valence-electron chi connectivity index (χ0n) is 9.85. The van der Waals surface area contributed by atoms with Gasteiger partial charge in [0.2, 0.25) is 0 Å². The molecule has 1 unspecified atom stereocenters. The number of aromatic nitrogens is 1. The van der Waals surface area contributed by atoms with E-state index in [2.05, 4.69) is 10.3 Å². The van der Waals surface area contributed by atoms with Gasteiger partial charge in [0.15, 0.2) is 0 Å². The van der Waals surface area contributed by atoms with Crippen LogP contribution in [-0.2, 0) is 11.2 Å². The summed E-state index contributed by atoms with van der Waals surface area (Å²) in [7, 11) is 0. The number of hydrogen-bond donors (Lipinski definition) is 2. The van der Waals surface area contributed by atoms with Crippen LogP contribution in [0.25, 0.3) is 0 Å². The fourth-order valence-corrected chi connectivity index (χ4v) is 2.40. The molecular formula is C13H18N2O2. The third kappa shape index (κ3) is 2.82. The molecule has 2 rings (SSSR count). The van der Waals surface area contributed by atoms with Crippen LogP contribution in [-0.4, -0.2) is 29.1 Å². The van der Waals surface area contributed by atoms with E-state index in [1.165, 1.54) is 0 Å². The maximum atomic E-state index is 11.4. The van der Waals surface area contributed by atoms with Gasteiger partial charge in [-0.3, -0.25) is 9.78 Å². The quantitative estimate of drug-likeness (QED) is 0.828. The second-order valence-electron chi connectivity index (χ2n) is 4.73. The van der Waals surface area contributed by atoms with Crippen LogP contribution >= 0.6 is 0 Å². The molecular weight excluding hydrogens is 216 g/mol. The summed E-state index contributed by atoms with van der Waals surface area (Å²) in [5.41, 5.74) is 0.521. The first-order valence-electron chi connectivity index (χ1n) is 6.06. The summed E-state index contributed by atoms with van der Waals surface area (Å²) in [5.74, 6) is -0.673. The average molecular weight is 234 g/mol. The third-order valence-corrected chi connectivity index (χ3v) is 3.54. The normalized spacial score (nSPS) is 24.5. The topological polar surface area (TPSA) is 62.2 Å². The summed E-state index contributed by atoms with van der Waals surface area (Å²) in [6, 6.07) is 3.89. The van der Waals surface area contributed by atoms with Crippen LogP contribution < -0.4 is 5.32 Å².